The van der Waals surface area contributed by atoms with Gasteiger partial charge < -0.3 is 19.1 Å². The number of hydrogen-bond acceptors (Lipinski definition) is 9. The first-order valence-electron chi connectivity index (χ1n) is 11.7. The third kappa shape index (κ3) is 6.71. The van der Waals surface area contributed by atoms with Crippen LogP contribution in [0.5, 0.6) is 5.75 Å². The number of rotatable bonds is 11. The molecule has 1 aromatic heterocycles. The third-order valence-corrected chi connectivity index (χ3v) is 7.88. The van der Waals surface area contributed by atoms with Crippen molar-refractivity contribution in [2.24, 2.45) is 0 Å². The van der Waals surface area contributed by atoms with Crippen LogP contribution in [0.4, 0.5) is 4.39 Å². The van der Waals surface area contributed by atoms with Crippen LogP contribution in [0.2, 0.25) is 0 Å². The second kappa shape index (κ2) is 12.1. The number of para-hydroxylation sites is 1. The number of aromatic amines is 1. The highest BCUT2D eigenvalue weighted by molar-refractivity contribution is 7.52. The maximum Gasteiger partial charge on any atom is 0.459 e. The summed E-state index contributed by atoms with van der Waals surface area (Å²) in [5.74, 6) is -0.582. The van der Waals surface area contributed by atoms with Crippen LogP contribution in [0.25, 0.3) is 0 Å². The number of aliphatic hydroxyl groups excluding tert-OH is 1. The predicted molar refractivity (Wildman–Crippen MR) is 135 cm³/mol. The van der Waals surface area contributed by atoms with E-state index in [0.717, 1.165) is 16.8 Å². The van der Waals surface area contributed by atoms with E-state index in [4.69, 9.17) is 30.1 Å². The summed E-state index contributed by atoms with van der Waals surface area (Å²) < 4.78 is 51.0. The molecular weight excluding hydrogens is 548 g/mol. The van der Waals surface area contributed by atoms with Crippen molar-refractivity contribution >= 4 is 25.3 Å². The summed E-state index contributed by atoms with van der Waals surface area (Å²) in [6, 6.07) is 7.83. The van der Waals surface area contributed by atoms with Gasteiger partial charge in [0, 0.05) is 12.3 Å². The molecule has 1 unspecified atom stereocenters. The Labute approximate surface area is 222 Å². The molecule has 0 saturated carbocycles. The molecule has 12 nitrogen and oxygen atoms in total. The number of benzene rings is 1. The number of nitrogens with zero attached hydrogens (tertiary/aromatic N) is 1. The fourth-order valence-corrected chi connectivity index (χ4v) is 5.75. The van der Waals surface area contributed by atoms with Crippen LogP contribution < -0.4 is 20.9 Å². The molecule has 0 amide bonds. The molecule has 1 fully saturated rings. The van der Waals surface area contributed by atoms with E-state index >= 15 is 0 Å². The maximum atomic E-state index is 14.2. The highest BCUT2D eigenvalue weighted by Gasteiger charge is 2.59. The van der Waals surface area contributed by atoms with E-state index in [9.17, 15) is 28.4 Å². The maximum absolute atomic E-state index is 14.2. The lowest BCUT2D eigenvalue weighted by atomic mass is 9.97. The first-order valence-corrected chi connectivity index (χ1v) is 13.6. The number of halogens is 2. The summed E-state index contributed by atoms with van der Waals surface area (Å²) in [7, 11) is -4.38. The van der Waals surface area contributed by atoms with Gasteiger partial charge >= 0.3 is 19.4 Å². The molecule has 0 radical (unpaired) electrons. The number of aliphatic hydroxyl groups is 1. The van der Waals surface area contributed by atoms with Gasteiger partial charge in [-0.2, -0.15) is 5.09 Å². The van der Waals surface area contributed by atoms with Gasteiger partial charge in [0.05, 0.1) is 12.2 Å². The van der Waals surface area contributed by atoms with Crippen LogP contribution in [-0.2, 0) is 23.4 Å². The van der Waals surface area contributed by atoms with Crippen LogP contribution in [0, 0.1) is 0 Å². The molecule has 0 aliphatic carbocycles. The molecule has 38 heavy (non-hydrogen) atoms. The van der Waals surface area contributed by atoms with Crippen molar-refractivity contribution in [3.05, 3.63) is 63.4 Å². The van der Waals surface area contributed by atoms with Crippen molar-refractivity contribution in [1.82, 2.24) is 14.6 Å². The molecule has 3 rings (SSSR count). The molecule has 2 heterocycles. The number of ether oxygens (including phenoxy) is 2. The highest BCUT2D eigenvalue weighted by Crippen LogP contribution is 2.50. The normalized spacial score (nSPS) is 26.5. The lowest BCUT2D eigenvalue weighted by Gasteiger charge is -2.30. The molecule has 1 aromatic carbocycles. The largest absolute Gasteiger partial charge is 0.462 e. The minimum Gasteiger partial charge on any atom is -0.462 e. The van der Waals surface area contributed by atoms with Gasteiger partial charge in [0.25, 0.3) is 5.56 Å². The van der Waals surface area contributed by atoms with E-state index in [1.54, 1.807) is 32.0 Å². The van der Waals surface area contributed by atoms with E-state index < -0.39 is 73.2 Å². The Balaban J connectivity index is 1.89. The number of H-pyrrole nitrogens is 1. The smallest absolute Gasteiger partial charge is 0.459 e. The third-order valence-electron chi connectivity index (χ3n) is 5.60. The molecule has 1 saturated heterocycles. The van der Waals surface area contributed by atoms with Gasteiger partial charge in [-0.15, -0.1) is 11.6 Å². The average Bonchev–Trinajstić information content (AvgIpc) is 3.10. The van der Waals surface area contributed by atoms with Crippen LogP contribution in [-0.4, -0.2) is 62.6 Å². The number of esters is 1. The van der Waals surface area contributed by atoms with Crippen molar-refractivity contribution in [3.8, 4) is 5.75 Å². The van der Waals surface area contributed by atoms with Gasteiger partial charge in [0.15, 0.2) is 6.23 Å². The molecule has 3 N–H and O–H groups in total. The van der Waals surface area contributed by atoms with E-state index in [-0.39, 0.29) is 5.75 Å². The van der Waals surface area contributed by atoms with Crippen molar-refractivity contribution in [1.29, 1.82) is 0 Å². The number of carbonyl (C=O) groups excluding carboxylic acids is 1. The second-order valence-corrected chi connectivity index (χ2v) is 11.4. The van der Waals surface area contributed by atoms with Gasteiger partial charge in [-0.3, -0.25) is 23.7 Å². The molecule has 2 aromatic rings. The zero-order chi connectivity index (χ0) is 28.3. The summed E-state index contributed by atoms with van der Waals surface area (Å²) in [6.07, 6.45) is -5.41. The van der Waals surface area contributed by atoms with E-state index in [0.29, 0.717) is 0 Å². The summed E-state index contributed by atoms with van der Waals surface area (Å²) in [6.45, 7) is 4.72. The number of aromatic nitrogens is 2. The fourth-order valence-electron chi connectivity index (χ4n) is 3.78. The molecule has 1 aliphatic rings. The van der Waals surface area contributed by atoms with E-state index in [1.807, 2.05) is 4.98 Å². The second-order valence-electron chi connectivity index (χ2n) is 9.02. The summed E-state index contributed by atoms with van der Waals surface area (Å²) in [4.78, 5) is 36.0. The van der Waals surface area contributed by atoms with Crippen molar-refractivity contribution in [2.45, 2.75) is 69.3 Å². The number of alkyl halides is 2. The van der Waals surface area contributed by atoms with Gasteiger partial charge in [-0.1, -0.05) is 18.2 Å². The Morgan fingerprint density at radius 3 is 2.50 bits per heavy atom. The SMILES string of the molecule is CC(C)OC(=O)[C@H](C)N[P@@](=O)(Oc1ccccc1)O[C@@H](C)[C@H]1O[C@@H](n2ccc(=O)[nH]c2=O)[C@@](Cl)(CF)C1O. The highest BCUT2D eigenvalue weighted by atomic mass is 35.5. The van der Waals surface area contributed by atoms with Crippen LogP contribution in [0.3, 0.4) is 0 Å². The Bertz CT molecular complexity index is 1280. The molecule has 0 bridgehead atoms. The van der Waals surface area contributed by atoms with E-state index in [2.05, 4.69) is 5.09 Å². The molecule has 15 heteroatoms. The quantitative estimate of drug-likeness (QED) is 0.205. The average molecular weight is 578 g/mol. The first kappa shape index (κ1) is 30.0. The summed E-state index contributed by atoms with van der Waals surface area (Å²) in [5, 5.41) is 13.4. The topological polar surface area (TPSA) is 158 Å². The Kier molecular flexibility index (Phi) is 9.56. The van der Waals surface area contributed by atoms with Crippen LogP contribution in [0.1, 0.15) is 33.9 Å². The number of carbonyl (C=O) groups is 1. The number of nitrogens with one attached hydrogen (secondary N) is 2. The minimum absolute atomic E-state index is 0.140. The first-order chi connectivity index (χ1) is 17.8. The van der Waals surface area contributed by atoms with Crippen LogP contribution >= 0.6 is 19.3 Å². The van der Waals surface area contributed by atoms with Crippen molar-refractivity contribution in [2.75, 3.05) is 6.67 Å². The van der Waals surface area contributed by atoms with Gasteiger partial charge in [0.2, 0.25) is 0 Å². The van der Waals surface area contributed by atoms with Gasteiger partial charge in [-0.25, -0.2) is 13.8 Å². The Morgan fingerprint density at radius 1 is 1.26 bits per heavy atom. The van der Waals surface area contributed by atoms with Crippen molar-refractivity contribution in [3.63, 3.8) is 0 Å². The summed E-state index contributed by atoms with van der Waals surface area (Å²) in [5.41, 5.74) is -1.65. The zero-order valence-electron chi connectivity index (χ0n) is 21.1. The zero-order valence-corrected chi connectivity index (χ0v) is 22.7. The van der Waals surface area contributed by atoms with E-state index in [1.165, 1.54) is 26.0 Å². The lowest BCUT2D eigenvalue weighted by Crippen LogP contribution is -2.48. The lowest BCUT2D eigenvalue weighted by molar-refractivity contribution is -0.149. The summed E-state index contributed by atoms with van der Waals surface area (Å²) >= 11 is 6.40. The number of hydrogen-bond donors (Lipinski definition) is 3. The fraction of sp³-hybridized carbons (Fsp3) is 0.522. The van der Waals surface area contributed by atoms with Crippen LogP contribution in [0.15, 0.2) is 52.2 Å². The van der Waals surface area contributed by atoms with Gasteiger partial charge in [-0.05, 0) is 39.8 Å². The van der Waals surface area contributed by atoms with Crippen molar-refractivity contribution < 1.29 is 37.4 Å². The molecule has 210 valence electrons. The van der Waals surface area contributed by atoms with Gasteiger partial charge in [0.1, 0.15) is 35.5 Å². The minimum atomic E-state index is -4.38. The molecule has 0 spiro atoms. The standard InChI is InChI=1S/C23H30ClFN3O9P/c1-13(2)34-20(31)14(3)27-38(33,37-16-8-6-5-7-9-16)36-15(4)18-19(30)23(24,12-25)21(35-18)28-11-10-17(29)26-22(28)32/h5-11,13-15,18-19,21,30H,12H2,1-4H3,(H,27,33)(H,26,29,32)/t14-,15-,18+,19?,21+,23+,38-/m0/s1. The Hall–Kier alpha value is -2.54. The predicted octanol–water partition coefficient (Wildman–Crippen LogP) is 2.26. The Morgan fingerprint density at radius 2 is 1.92 bits per heavy atom. The molecule has 1 aliphatic heterocycles. The molecular formula is C23H30ClFN3O9P. The molecule has 7 atom stereocenters. The monoisotopic (exact) mass is 577 g/mol.